The summed E-state index contributed by atoms with van der Waals surface area (Å²) in [6, 6.07) is 13.9. The Kier molecular flexibility index (Phi) is 7.78. The highest BCUT2D eigenvalue weighted by atomic mass is 28.4. The van der Waals surface area contributed by atoms with E-state index >= 15 is 0 Å². The van der Waals surface area contributed by atoms with Crippen LogP contribution in [0.2, 0.25) is 16.6 Å². The largest absolute Gasteiger partial charge is 0.481 e. The van der Waals surface area contributed by atoms with E-state index in [1.54, 1.807) is 36.4 Å². The molecule has 2 aromatic carbocycles. The van der Waals surface area contributed by atoms with Crippen molar-refractivity contribution in [2.45, 2.75) is 70.7 Å². The molecule has 2 amide bonds. The Balaban J connectivity index is 1.76. The van der Waals surface area contributed by atoms with Gasteiger partial charge in [-0.15, -0.1) is 0 Å². The molecule has 34 heavy (non-hydrogen) atoms. The number of carbonyl (C=O) groups excluding carboxylic acids is 2. The minimum absolute atomic E-state index is 0.207. The molecule has 0 spiro atoms. The Morgan fingerprint density at radius 1 is 0.853 bits per heavy atom. The summed E-state index contributed by atoms with van der Waals surface area (Å²) in [5.41, 5.74) is 3.59. The number of benzene rings is 2. The summed E-state index contributed by atoms with van der Waals surface area (Å²) in [6.07, 6.45) is 0. The molecule has 1 atom stereocenters. The standard InChI is InChI=1S/C27H35NO5Si/c1-17(2)34(18(3)4,19(5)6)33-16-20-11-13-21(14-12-20)24(27(31)32)15-28-25(29)22-9-7-8-10-23(22)26(28)30/h7-14,17-19,24H,15-16H2,1-6H3,(H,31,32)/t24-/m1/s1. The normalized spacial score (nSPS) is 14.9. The molecule has 6 nitrogen and oxygen atoms in total. The minimum atomic E-state index is -2.01. The molecule has 0 radical (unpaired) electrons. The van der Waals surface area contributed by atoms with Crippen LogP contribution in [0.3, 0.4) is 0 Å². The molecule has 1 N–H and O–H groups in total. The van der Waals surface area contributed by atoms with Crippen LogP contribution in [0.1, 0.15) is 79.3 Å². The lowest BCUT2D eigenvalue weighted by atomic mass is 9.97. The average Bonchev–Trinajstić information content (AvgIpc) is 3.02. The number of imide groups is 1. The van der Waals surface area contributed by atoms with Crippen molar-refractivity contribution in [2.24, 2.45) is 0 Å². The van der Waals surface area contributed by atoms with E-state index in [0.29, 0.717) is 39.9 Å². The van der Waals surface area contributed by atoms with Gasteiger partial charge in [0.25, 0.3) is 11.8 Å². The lowest BCUT2D eigenvalue weighted by molar-refractivity contribution is -0.138. The Hall–Kier alpha value is -2.77. The lowest BCUT2D eigenvalue weighted by Crippen LogP contribution is -2.47. The van der Waals surface area contributed by atoms with Gasteiger partial charge in [0.2, 0.25) is 8.32 Å². The summed E-state index contributed by atoms with van der Waals surface area (Å²) in [7, 11) is -2.01. The van der Waals surface area contributed by atoms with Gasteiger partial charge in [0, 0.05) is 6.54 Å². The van der Waals surface area contributed by atoms with Crippen molar-refractivity contribution in [2.75, 3.05) is 6.54 Å². The van der Waals surface area contributed by atoms with Gasteiger partial charge in [-0.2, -0.15) is 0 Å². The van der Waals surface area contributed by atoms with Crippen molar-refractivity contribution in [1.29, 1.82) is 0 Å². The van der Waals surface area contributed by atoms with E-state index in [-0.39, 0.29) is 6.54 Å². The molecule has 2 aromatic rings. The molecule has 1 heterocycles. The van der Waals surface area contributed by atoms with Crippen LogP contribution in [0.25, 0.3) is 0 Å². The molecule has 0 fully saturated rings. The van der Waals surface area contributed by atoms with Crippen LogP contribution in [0.4, 0.5) is 0 Å². The van der Waals surface area contributed by atoms with Crippen molar-refractivity contribution in [3.05, 3.63) is 70.8 Å². The van der Waals surface area contributed by atoms with Gasteiger partial charge in [0.05, 0.1) is 23.7 Å². The predicted octanol–water partition coefficient (Wildman–Crippen LogP) is 5.84. The van der Waals surface area contributed by atoms with Crippen LogP contribution in [-0.4, -0.2) is 42.7 Å². The fourth-order valence-electron chi connectivity index (χ4n) is 5.47. The highest BCUT2D eigenvalue weighted by molar-refractivity contribution is 6.77. The molecular formula is C27H35NO5Si. The molecule has 0 saturated heterocycles. The zero-order valence-electron chi connectivity index (χ0n) is 20.9. The number of carboxylic acid groups (broad SMARTS) is 1. The SMILES string of the molecule is CC(C)[Si](OCc1ccc([C@@H](CN2C(=O)c3ccccc3C2=O)C(=O)O)cc1)(C(C)C)C(C)C. The van der Waals surface area contributed by atoms with Gasteiger partial charge in [-0.1, -0.05) is 77.9 Å². The molecule has 0 bridgehead atoms. The number of rotatable bonds is 10. The number of hydrogen-bond donors (Lipinski definition) is 1. The lowest BCUT2D eigenvalue weighted by Gasteiger charge is -2.42. The minimum Gasteiger partial charge on any atom is -0.481 e. The first-order valence-electron chi connectivity index (χ1n) is 11.9. The summed E-state index contributed by atoms with van der Waals surface area (Å²) < 4.78 is 6.64. The number of amides is 2. The topological polar surface area (TPSA) is 83.9 Å². The molecule has 3 rings (SSSR count). The number of hydrogen-bond acceptors (Lipinski definition) is 4. The quantitative estimate of drug-likeness (QED) is 0.340. The van der Waals surface area contributed by atoms with Crippen LogP contribution in [-0.2, 0) is 15.8 Å². The fourth-order valence-corrected chi connectivity index (χ4v) is 10.9. The molecule has 1 aliphatic rings. The number of carboxylic acids is 1. The first-order chi connectivity index (χ1) is 16.0. The van der Waals surface area contributed by atoms with Crippen molar-refractivity contribution in [3.63, 3.8) is 0 Å². The highest BCUT2D eigenvalue weighted by Gasteiger charge is 2.45. The van der Waals surface area contributed by atoms with Crippen LogP contribution >= 0.6 is 0 Å². The van der Waals surface area contributed by atoms with Gasteiger partial charge < -0.3 is 9.53 Å². The van der Waals surface area contributed by atoms with E-state index in [0.717, 1.165) is 10.5 Å². The third-order valence-electron chi connectivity index (χ3n) is 7.12. The Morgan fingerprint density at radius 2 is 1.32 bits per heavy atom. The number of carbonyl (C=O) groups is 3. The smallest absolute Gasteiger partial charge is 0.312 e. The molecule has 7 heteroatoms. The molecule has 0 aromatic heterocycles. The fraction of sp³-hybridized carbons (Fsp3) is 0.444. The second kappa shape index (κ2) is 10.2. The number of fused-ring (bicyclic) bond motifs is 1. The number of aliphatic carboxylic acids is 1. The van der Waals surface area contributed by atoms with Gasteiger partial charge in [0.1, 0.15) is 0 Å². The van der Waals surface area contributed by atoms with E-state index in [2.05, 4.69) is 41.5 Å². The van der Waals surface area contributed by atoms with Crippen molar-refractivity contribution in [1.82, 2.24) is 4.90 Å². The van der Waals surface area contributed by atoms with E-state index < -0.39 is 32.0 Å². The maximum absolute atomic E-state index is 12.7. The first-order valence-corrected chi connectivity index (χ1v) is 14.1. The second-order valence-electron chi connectivity index (χ2n) is 10.0. The monoisotopic (exact) mass is 481 g/mol. The van der Waals surface area contributed by atoms with E-state index in [9.17, 15) is 19.5 Å². The molecular weight excluding hydrogens is 446 g/mol. The van der Waals surface area contributed by atoms with E-state index in [1.807, 2.05) is 12.1 Å². The van der Waals surface area contributed by atoms with E-state index in [4.69, 9.17) is 4.43 Å². The van der Waals surface area contributed by atoms with Gasteiger partial charge in [0.15, 0.2) is 0 Å². The number of nitrogens with zero attached hydrogens (tertiary/aromatic N) is 1. The summed E-state index contributed by atoms with van der Waals surface area (Å²) >= 11 is 0. The molecule has 0 saturated carbocycles. The van der Waals surface area contributed by atoms with Gasteiger partial charge in [-0.05, 0) is 39.9 Å². The maximum Gasteiger partial charge on any atom is 0.312 e. The molecule has 1 aliphatic heterocycles. The molecule has 0 unspecified atom stereocenters. The van der Waals surface area contributed by atoms with Crippen molar-refractivity contribution in [3.8, 4) is 0 Å². The molecule has 0 aliphatic carbocycles. The summed E-state index contributed by atoms with van der Waals surface area (Å²) in [6.45, 7) is 13.7. The van der Waals surface area contributed by atoms with Crippen LogP contribution < -0.4 is 0 Å². The summed E-state index contributed by atoms with van der Waals surface area (Å²) in [4.78, 5) is 38.5. The Bertz CT molecular complexity index is 1000. The second-order valence-corrected chi connectivity index (χ2v) is 15.5. The summed E-state index contributed by atoms with van der Waals surface area (Å²) in [5.74, 6) is -2.98. The van der Waals surface area contributed by atoms with Gasteiger partial charge in [-0.3, -0.25) is 19.3 Å². The van der Waals surface area contributed by atoms with Gasteiger partial charge in [-0.25, -0.2) is 0 Å². The third kappa shape index (κ3) is 4.72. The van der Waals surface area contributed by atoms with Crippen LogP contribution in [0.5, 0.6) is 0 Å². The maximum atomic E-state index is 12.7. The van der Waals surface area contributed by atoms with Crippen molar-refractivity contribution < 1.29 is 23.9 Å². The van der Waals surface area contributed by atoms with Crippen molar-refractivity contribution >= 4 is 26.1 Å². The van der Waals surface area contributed by atoms with Crippen LogP contribution in [0, 0.1) is 0 Å². The van der Waals surface area contributed by atoms with Gasteiger partial charge >= 0.3 is 5.97 Å². The first kappa shape index (κ1) is 25.8. The van der Waals surface area contributed by atoms with E-state index in [1.165, 1.54) is 0 Å². The third-order valence-corrected chi connectivity index (χ3v) is 13.2. The Morgan fingerprint density at radius 3 is 1.74 bits per heavy atom. The average molecular weight is 482 g/mol. The highest BCUT2D eigenvalue weighted by Crippen LogP contribution is 2.42. The zero-order chi connectivity index (χ0) is 25.2. The zero-order valence-corrected chi connectivity index (χ0v) is 21.9. The summed E-state index contributed by atoms with van der Waals surface area (Å²) in [5, 5.41) is 9.87. The molecule has 182 valence electrons. The predicted molar refractivity (Wildman–Crippen MR) is 134 cm³/mol. The van der Waals surface area contributed by atoms with Crippen LogP contribution in [0.15, 0.2) is 48.5 Å². The Labute approximate surface area is 203 Å².